The van der Waals surface area contributed by atoms with E-state index in [2.05, 4.69) is 10.3 Å². The van der Waals surface area contributed by atoms with Crippen LogP contribution in [0, 0.1) is 0 Å². The summed E-state index contributed by atoms with van der Waals surface area (Å²) in [5.41, 5.74) is 0.918. The number of hydrogen-bond acceptors (Lipinski definition) is 2. The summed E-state index contributed by atoms with van der Waals surface area (Å²) in [6, 6.07) is 6.13. The second-order valence-electron chi connectivity index (χ2n) is 5.32. The molecule has 19 heavy (non-hydrogen) atoms. The molecule has 1 aromatic rings. The van der Waals surface area contributed by atoms with Gasteiger partial charge in [-0.2, -0.15) is 0 Å². The number of nitrogens with one attached hydrogen (secondary N) is 1. The highest BCUT2D eigenvalue weighted by atomic mass is 16.2. The molecule has 4 heteroatoms. The third-order valence-electron chi connectivity index (χ3n) is 3.65. The summed E-state index contributed by atoms with van der Waals surface area (Å²) in [5.74, 6) is 0. The number of carbonyl (C=O) groups is 1. The average molecular weight is 261 g/mol. The van der Waals surface area contributed by atoms with Crippen LogP contribution in [0.3, 0.4) is 0 Å². The maximum absolute atomic E-state index is 12.1. The predicted octanol–water partition coefficient (Wildman–Crippen LogP) is 2.95. The molecule has 0 atom stereocenters. The van der Waals surface area contributed by atoms with Crippen molar-refractivity contribution in [3.63, 3.8) is 0 Å². The summed E-state index contributed by atoms with van der Waals surface area (Å²) < 4.78 is 0. The van der Waals surface area contributed by atoms with Crippen LogP contribution in [0.2, 0.25) is 0 Å². The van der Waals surface area contributed by atoms with Crippen molar-refractivity contribution in [1.29, 1.82) is 0 Å². The van der Waals surface area contributed by atoms with E-state index in [1.165, 1.54) is 25.7 Å². The average Bonchev–Trinajstić information content (AvgIpc) is 2.68. The molecule has 104 valence electrons. The molecule has 2 rings (SSSR count). The zero-order valence-corrected chi connectivity index (χ0v) is 11.6. The Labute approximate surface area is 115 Å². The van der Waals surface area contributed by atoms with Gasteiger partial charge in [0.15, 0.2) is 0 Å². The summed E-state index contributed by atoms with van der Waals surface area (Å²) in [6.07, 6.45) is 9.05. The van der Waals surface area contributed by atoms with E-state index < -0.39 is 0 Å². The first-order valence-electron chi connectivity index (χ1n) is 7.17. The normalized spacial score (nSPS) is 16.7. The van der Waals surface area contributed by atoms with Gasteiger partial charge in [0.25, 0.3) is 0 Å². The maximum atomic E-state index is 12.1. The van der Waals surface area contributed by atoms with Gasteiger partial charge in [0.05, 0.1) is 12.2 Å². The fourth-order valence-corrected chi connectivity index (χ4v) is 2.51. The maximum Gasteiger partial charge on any atom is 0.317 e. The van der Waals surface area contributed by atoms with Crippen molar-refractivity contribution >= 4 is 6.03 Å². The fourth-order valence-electron chi connectivity index (χ4n) is 2.51. The number of urea groups is 1. The lowest BCUT2D eigenvalue weighted by Crippen LogP contribution is -2.42. The van der Waals surface area contributed by atoms with E-state index in [0.717, 1.165) is 18.5 Å². The molecule has 1 saturated carbocycles. The molecule has 0 unspecified atom stereocenters. The summed E-state index contributed by atoms with van der Waals surface area (Å²) >= 11 is 0. The van der Waals surface area contributed by atoms with Crippen molar-refractivity contribution < 1.29 is 4.79 Å². The molecule has 1 aromatic heterocycles. The van der Waals surface area contributed by atoms with Gasteiger partial charge < -0.3 is 10.2 Å². The Morgan fingerprint density at radius 2 is 2.05 bits per heavy atom. The molecular weight excluding hydrogens is 238 g/mol. The first-order valence-corrected chi connectivity index (χ1v) is 7.17. The van der Waals surface area contributed by atoms with Gasteiger partial charge in [0.1, 0.15) is 0 Å². The van der Waals surface area contributed by atoms with Crippen molar-refractivity contribution in [2.45, 2.75) is 51.1 Å². The van der Waals surface area contributed by atoms with Gasteiger partial charge in [-0.1, -0.05) is 31.7 Å². The lowest BCUT2D eigenvalue weighted by molar-refractivity contribution is 0.200. The van der Waals surface area contributed by atoms with Crippen LogP contribution in [0.5, 0.6) is 0 Å². The van der Waals surface area contributed by atoms with E-state index in [1.54, 1.807) is 11.1 Å². The van der Waals surface area contributed by atoms with Gasteiger partial charge in [0.2, 0.25) is 0 Å². The molecule has 0 bridgehead atoms. The molecule has 1 heterocycles. The minimum absolute atomic E-state index is 0.0116. The Hall–Kier alpha value is -1.58. The summed E-state index contributed by atoms with van der Waals surface area (Å²) in [4.78, 5) is 18.1. The fraction of sp³-hybridized carbons (Fsp3) is 0.600. The van der Waals surface area contributed by atoms with Gasteiger partial charge in [-0.25, -0.2) is 4.79 Å². The van der Waals surface area contributed by atoms with E-state index >= 15 is 0 Å². The molecule has 1 aliphatic carbocycles. The molecule has 0 radical (unpaired) electrons. The SMILES string of the molecule is CN(Cc1ccccn1)C(=O)NC1CCCCCC1. The number of pyridine rings is 1. The van der Waals surface area contributed by atoms with E-state index in [4.69, 9.17) is 0 Å². The van der Waals surface area contributed by atoms with Crippen molar-refractivity contribution in [3.05, 3.63) is 30.1 Å². The monoisotopic (exact) mass is 261 g/mol. The van der Waals surface area contributed by atoms with Crippen LogP contribution in [0.25, 0.3) is 0 Å². The van der Waals surface area contributed by atoms with Gasteiger partial charge in [0, 0.05) is 19.3 Å². The van der Waals surface area contributed by atoms with Gasteiger partial charge in [-0.3, -0.25) is 4.98 Å². The number of rotatable bonds is 3. The molecule has 0 saturated heterocycles. The van der Waals surface area contributed by atoms with Crippen LogP contribution in [-0.4, -0.2) is 29.0 Å². The van der Waals surface area contributed by atoms with Crippen molar-refractivity contribution in [2.24, 2.45) is 0 Å². The highest BCUT2D eigenvalue weighted by Crippen LogP contribution is 2.17. The molecule has 4 nitrogen and oxygen atoms in total. The first-order chi connectivity index (χ1) is 9.25. The van der Waals surface area contributed by atoms with Gasteiger partial charge in [-0.15, -0.1) is 0 Å². The summed E-state index contributed by atoms with van der Waals surface area (Å²) in [7, 11) is 1.82. The molecule has 1 N–H and O–H groups in total. The number of aromatic nitrogens is 1. The molecular formula is C15H23N3O. The molecule has 0 aromatic carbocycles. The lowest BCUT2D eigenvalue weighted by Gasteiger charge is -2.22. The molecule has 0 spiro atoms. The van der Waals surface area contributed by atoms with Gasteiger partial charge in [-0.05, 0) is 25.0 Å². The highest BCUT2D eigenvalue weighted by Gasteiger charge is 2.17. The molecule has 2 amide bonds. The third-order valence-corrected chi connectivity index (χ3v) is 3.65. The summed E-state index contributed by atoms with van der Waals surface area (Å²) in [6.45, 7) is 0.555. The molecule has 0 aliphatic heterocycles. The number of hydrogen-bond donors (Lipinski definition) is 1. The number of amides is 2. The minimum atomic E-state index is 0.0116. The third kappa shape index (κ3) is 4.54. The minimum Gasteiger partial charge on any atom is -0.335 e. The van der Waals surface area contributed by atoms with E-state index in [0.29, 0.717) is 12.6 Å². The number of carbonyl (C=O) groups excluding carboxylic acids is 1. The zero-order valence-electron chi connectivity index (χ0n) is 11.6. The van der Waals surface area contributed by atoms with Crippen molar-refractivity contribution in [3.8, 4) is 0 Å². The zero-order chi connectivity index (χ0) is 13.5. The molecule has 1 fully saturated rings. The van der Waals surface area contributed by atoms with Crippen molar-refractivity contribution in [2.75, 3.05) is 7.05 Å². The Balaban J connectivity index is 1.81. The van der Waals surface area contributed by atoms with E-state index in [1.807, 2.05) is 25.2 Å². The van der Waals surface area contributed by atoms with Crippen LogP contribution in [-0.2, 0) is 6.54 Å². The Morgan fingerprint density at radius 1 is 1.32 bits per heavy atom. The first kappa shape index (κ1) is 13.8. The topological polar surface area (TPSA) is 45.2 Å². The second kappa shape index (κ2) is 7.12. The predicted molar refractivity (Wildman–Crippen MR) is 75.7 cm³/mol. The second-order valence-corrected chi connectivity index (χ2v) is 5.32. The largest absolute Gasteiger partial charge is 0.335 e. The van der Waals surface area contributed by atoms with Crippen LogP contribution in [0.1, 0.15) is 44.2 Å². The van der Waals surface area contributed by atoms with Crippen LogP contribution in [0.15, 0.2) is 24.4 Å². The smallest absolute Gasteiger partial charge is 0.317 e. The van der Waals surface area contributed by atoms with Crippen molar-refractivity contribution in [1.82, 2.24) is 15.2 Å². The standard InChI is InChI=1S/C15H23N3O/c1-18(12-14-10-6-7-11-16-14)15(19)17-13-8-4-2-3-5-9-13/h6-7,10-11,13H,2-5,8-9,12H2,1H3,(H,17,19). The van der Waals surface area contributed by atoms with Crippen LogP contribution >= 0.6 is 0 Å². The van der Waals surface area contributed by atoms with E-state index in [9.17, 15) is 4.79 Å². The molecule has 1 aliphatic rings. The van der Waals surface area contributed by atoms with Crippen LogP contribution < -0.4 is 5.32 Å². The lowest BCUT2D eigenvalue weighted by atomic mass is 10.1. The summed E-state index contributed by atoms with van der Waals surface area (Å²) in [5, 5.41) is 3.14. The Morgan fingerprint density at radius 3 is 2.68 bits per heavy atom. The number of nitrogens with zero attached hydrogens (tertiary/aromatic N) is 2. The van der Waals surface area contributed by atoms with E-state index in [-0.39, 0.29) is 6.03 Å². The van der Waals surface area contributed by atoms with Crippen LogP contribution in [0.4, 0.5) is 4.79 Å². The Kier molecular flexibility index (Phi) is 5.19. The van der Waals surface area contributed by atoms with Gasteiger partial charge >= 0.3 is 6.03 Å². The Bertz CT molecular complexity index is 386. The highest BCUT2D eigenvalue weighted by molar-refractivity contribution is 5.74. The quantitative estimate of drug-likeness (QED) is 0.850.